The minimum atomic E-state index is -0.472. The summed E-state index contributed by atoms with van der Waals surface area (Å²) in [5, 5.41) is 6.84. The topological polar surface area (TPSA) is 103 Å². The summed E-state index contributed by atoms with van der Waals surface area (Å²) in [5.74, 6) is 1.99. The summed E-state index contributed by atoms with van der Waals surface area (Å²) in [6, 6.07) is -0.246. The molecule has 1 saturated carbocycles. The van der Waals surface area contributed by atoms with Gasteiger partial charge in [-0.25, -0.2) is 4.79 Å². The van der Waals surface area contributed by atoms with E-state index >= 15 is 0 Å². The zero-order valence-corrected chi connectivity index (χ0v) is 16.4. The van der Waals surface area contributed by atoms with E-state index in [1.807, 2.05) is 20.8 Å². The summed E-state index contributed by atoms with van der Waals surface area (Å²) >= 11 is 0. The first kappa shape index (κ1) is 20.7. The summed E-state index contributed by atoms with van der Waals surface area (Å²) < 4.78 is 10.5. The highest BCUT2D eigenvalue weighted by molar-refractivity contribution is 5.67. The third kappa shape index (κ3) is 7.72. The number of aromatic nitrogens is 2. The lowest BCUT2D eigenvalue weighted by atomic mass is 9.87. The van der Waals surface area contributed by atoms with Gasteiger partial charge in [0.15, 0.2) is 5.82 Å². The standard InChI is InChI=1S/C19H34N4O3/c1-19(2,3)25-18(24)21-12-8-7-11-15(20)17-22-16(23-26-17)13-14-9-5-4-6-10-14/h14-15H,4-13,20H2,1-3H3,(H,21,24). The van der Waals surface area contributed by atoms with Crippen molar-refractivity contribution >= 4 is 6.09 Å². The second kappa shape index (κ2) is 9.90. The molecule has 7 heteroatoms. The van der Waals surface area contributed by atoms with Crippen LogP contribution in [-0.4, -0.2) is 28.4 Å². The van der Waals surface area contributed by atoms with Crippen LogP contribution in [0.1, 0.15) is 89.9 Å². The van der Waals surface area contributed by atoms with Gasteiger partial charge in [0.05, 0.1) is 6.04 Å². The zero-order chi connectivity index (χ0) is 19.0. The fourth-order valence-corrected chi connectivity index (χ4v) is 3.27. The Morgan fingerprint density at radius 1 is 1.31 bits per heavy atom. The molecule has 0 bridgehead atoms. The first-order valence-corrected chi connectivity index (χ1v) is 9.88. The molecular formula is C19H34N4O3. The van der Waals surface area contributed by atoms with Gasteiger partial charge in [-0.2, -0.15) is 4.98 Å². The molecule has 26 heavy (non-hydrogen) atoms. The summed E-state index contributed by atoms with van der Waals surface area (Å²) in [7, 11) is 0. The Bertz CT molecular complexity index is 547. The van der Waals surface area contributed by atoms with E-state index in [0.717, 1.165) is 31.5 Å². The van der Waals surface area contributed by atoms with Crippen LogP contribution in [0.4, 0.5) is 4.79 Å². The normalized spacial score (nSPS) is 17.1. The van der Waals surface area contributed by atoms with Crippen LogP contribution in [0.25, 0.3) is 0 Å². The van der Waals surface area contributed by atoms with E-state index in [9.17, 15) is 4.79 Å². The Kier molecular flexibility index (Phi) is 7.87. The molecule has 1 heterocycles. The van der Waals surface area contributed by atoms with Gasteiger partial charge < -0.3 is 20.3 Å². The van der Waals surface area contributed by atoms with Crippen LogP contribution in [0.2, 0.25) is 0 Å². The largest absolute Gasteiger partial charge is 0.444 e. The molecular weight excluding hydrogens is 332 g/mol. The van der Waals surface area contributed by atoms with Gasteiger partial charge in [0, 0.05) is 13.0 Å². The SMILES string of the molecule is CC(C)(C)OC(=O)NCCCCC(N)c1nc(CC2CCCCC2)no1. The highest BCUT2D eigenvalue weighted by atomic mass is 16.6. The lowest BCUT2D eigenvalue weighted by molar-refractivity contribution is 0.0527. The summed E-state index contributed by atoms with van der Waals surface area (Å²) in [6.45, 7) is 6.11. The van der Waals surface area contributed by atoms with Crippen molar-refractivity contribution in [2.75, 3.05) is 6.54 Å². The molecule has 1 aromatic rings. The molecule has 0 aromatic carbocycles. The van der Waals surface area contributed by atoms with E-state index < -0.39 is 5.60 Å². The number of nitrogens with one attached hydrogen (secondary N) is 1. The molecule has 1 fully saturated rings. The van der Waals surface area contributed by atoms with Gasteiger partial charge in [-0.1, -0.05) is 37.3 Å². The van der Waals surface area contributed by atoms with E-state index in [0.29, 0.717) is 18.4 Å². The van der Waals surface area contributed by atoms with E-state index in [-0.39, 0.29) is 12.1 Å². The number of carbonyl (C=O) groups is 1. The Morgan fingerprint density at radius 2 is 2.04 bits per heavy atom. The fourth-order valence-electron chi connectivity index (χ4n) is 3.27. The average Bonchev–Trinajstić information content (AvgIpc) is 3.02. The van der Waals surface area contributed by atoms with Crippen LogP contribution in [-0.2, 0) is 11.2 Å². The highest BCUT2D eigenvalue weighted by Crippen LogP contribution is 2.26. The van der Waals surface area contributed by atoms with Gasteiger partial charge in [0.1, 0.15) is 5.60 Å². The third-order valence-electron chi connectivity index (χ3n) is 4.61. The first-order chi connectivity index (χ1) is 12.3. The van der Waals surface area contributed by atoms with Crippen molar-refractivity contribution in [1.29, 1.82) is 0 Å². The van der Waals surface area contributed by atoms with Crippen molar-refractivity contribution in [3.8, 4) is 0 Å². The highest BCUT2D eigenvalue weighted by Gasteiger charge is 2.19. The van der Waals surface area contributed by atoms with Crippen LogP contribution in [0.15, 0.2) is 4.52 Å². The number of ether oxygens (including phenoxy) is 1. The van der Waals surface area contributed by atoms with E-state index in [1.54, 1.807) is 0 Å². The number of hydrogen-bond donors (Lipinski definition) is 2. The number of nitrogens with zero attached hydrogens (tertiary/aromatic N) is 2. The lowest BCUT2D eigenvalue weighted by Gasteiger charge is -2.19. The van der Waals surface area contributed by atoms with Crippen LogP contribution in [0, 0.1) is 5.92 Å². The van der Waals surface area contributed by atoms with Crippen LogP contribution in [0.3, 0.4) is 0 Å². The number of alkyl carbamates (subject to hydrolysis) is 1. The van der Waals surface area contributed by atoms with Crippen molar-refractivity contribution in [3.63, 3.8) is 0 Å². The molecule has 0 spiro atoms. The molecule has 0 radical (unpaired) electrons. The number of carbonyl (C=O) groups excluding carboxylic acids is 1. The number of rotatable bonds is 8. The molecule has 7 nitrogen and oxygen atoms in total. The molecule has 1 unspecified atom stereocenters. The molecule has 3 N–H and O–H groups in total. The molecule has 148 valence electrons. The van der Waals surface area contributed by atoms with Crippen molar-refractivity contribution in [3.05, 3.63) is 11.7 Å². The molecule has 0 aliphatic heterocycles. The summed E-state index contributed by atoms with van der Waals surface area (Å²) in [6.07, 6.45) is 9.47. The predicted molar refractivity (Wildman–Crippen MR) is 99.6 cm³/mol. The smallest absolute Gasteiger partial charge is 0.407 e. The third-order valence-corrected chi connectivity index (χ3v) is 4.61. The number of hydrogen-bond acceptors (Lipinski definition) is 6. The van der Waals surface area contributed by atoms with E-state index in [2.05, 4.69) is 15.5 Å². The summed E-state index contributed by atoms with van der Waals surface area (Å²) in [5.41, 5.74) is 5.69. The Labute approximate surface area is 156 Å². The first-order valence-electron chi connectivity index (χ1n) is 9.88. The second-order valence-electron chi connectivity index (χ2n) is 8.29. The molecule has 1 aliphatic rings. The summed E-state index contributed by atoms with van der Waals surface area (Å²) in [4.78, 5) is 16.0. The van der Waals surface area contributed by atoms with Crippen molar-refractivity contribution < 1.29 is 14.1 Å². The fraction of sp³-hybridized carbons (Fsp3) is 0.842. The van der Waals surface area contributed by atoms with Crippen molar-refractivity contribution in [1.82, 2.24) is 15.5 Å². The van der Waals surface area contributed by atoms with Crippen LogP contribution < -0.4 is 11.1 Å². The van der Waals surface area contributed by atoms with Gasteiger partial charge >= 0.3 is 6.09 Å². The minimum absolute atomic E-state index is 0.246. The monoisotopic (exact) mass is 366 g/mol. The van der Waals surface area contributed by atoms with Crippen LogP contribution >= 0.6 is 0 Å². The maximum absolute atomic E-state index is 11.6. The van der Waals surface area contributed by atoms with E-state index in [4.69, 9.17) is 15.0 Å². The molecule has 1 aromatic heterocycles. The van der Waals surface area contributed by atoms with Gasteiger partial charge in [0.25, 0.3) is 0 Å². The van der Waals surface area contributed by atoms with Crippen LogP contribution in [0.5, 0.6) is 0 Å². The molecule has 1 atom stereocenters. The van der Waals surface area contributed by atoms with Gasteiger partial charge in [-0.15, -0.1) is 0 Å². The van der Waals surface area contributed by atoms with Gasteiger partial charge in [-0.05, 0) is 46.0 Å². The maximum atomic E-state index is 11.6. The van der Waals surface area contributed by atoms with Crippen molar-refractivity contribution in [2.24, 2.45) is 11.7 Å². The quantitative estimate of drug-likeness (QED) is 0.677. The van der Waals surface area contributed by atoms with E-state index in [1.165, 1.54) is 32.1 Å². The zero-order valence-electron chi connectivity index (χ0n) is 16.4. The maximum Gasteiger partial charge on any atom is 0.407 e. The van der Waals surface area contributed by atoms with Crippen molar-refractivity contribution in [2.45, 2.75) is 90.2 Å². The average molecular weight is 367 g/mol. The lowest BCUT2D eigenvalue weighted by Crippen LogP contribution is -2.33. The molecule has 1 amide bonds. The Hall–Kier alpha value is -1.63. The molecule has 0 saturated heterocycles. The second-order valence-corrected chi connectivity index (χ2v) is 8.29. The minimum Gasteiger partial charge on any atom is -0.444 e. The Morgan fingerprint density at radius 3 is 2.73 bits per heavy atom. The molecule has 1 aliphatic carbocycles. The predicted octanol–water partition coefficient (Wildman–Crippen LogP) is 3.89. The van der Waals surface area contributed by atoms with Gasteiger partial charge in [0.2, 0.25) is 5.89 Å². The number of amides is 1. The van der Waals surface area contributed by atoms with Gasteiger partial charge in [-0.3, -0.25) is 0 Å². The number of nitrogens with two attached hydrogens (primary N) is 1. The Balaban J connectivity index is 1.62. The molecule has 2 rings (SSSR count). The number of unbranched alkanes of at least 4 members (excludes halogenated alkanes) is 1.